The second kappa shape index (κ2) is 7.23. The summed E-state index contributed by atoms with van der Waals surface area (Å²) in [6.07, 6.45) is -1.28. The average molecular weight is 402 g/mol. The van der Waals surface area contributed by atoms with Gasteiger partial charge in [0.2, 0.25) is 0 Å². The van der Waals surface area contributed by atoms with Crippen LogP contribution in [0.1, 0.15) is 32.7 Å². The molecule has 0 radical (unpaired) electrons. The van der Waals surface area contributed by atoms with Crippen LogP contribution in [0.25, 0.3) is 11.4 Å². The van der Waals surface area contributed by atoms with Crippen LogP contribution in [-0.2, 0) is 19.0 Å². The molecule has 0 bridgehead atoms. The van der Waals surface area contributed by atoms with E-state index in [1.165, 1.54) is 12.5 Å². The fraction of sp³-hybridized carbons (Fsp3) is 0.200. The third-order valence-electron chi connectivity index (χ3n) is 4.60. The van der Waals surface area contributed by atoms with E-state index in [4.69, 9.17) is 0 Å². The van der Waals surface area contributed by atoms with E-state index in [0.717, 1.165) is 17.7 Å². The molecule has 1 aliphatic heterocycles. The highest BCUT2D eigenvalue weighted by atomic mass is 19.4. The highest BCUT2D eigenvalue weighted by molar-refractivity contribution is 5.98. The summed E-state index contributed by atoms with van der Waals surface area (Å²) in [5.74, 6) is -1.16. The molecule has 29 heavy (non-hydrogen) atoms. The molecule has 3 aromatic rings. The van der Waals surface area contributed by atoms with Gasteiger partial charge in [-0.15, -0.1) is 0 Å². The number of amides is 1. The van der Waals surface area contributed by atoms with Crippen molar-refractivity contribution >= 4 is 5.91 Å². The summed E-state index contributed by atoms with van der Waals surface area (Å²) in [6, 6.07) is 5.62. The number of benzene rings is 1. The maximum atomic E-state index is 13.6. The van der Waals surface area contributed by atoms with E-state index in [0.29, 0.717) is 41.7 Å². The maximum absolute atomic E-state index is 13.6. The van der Waals surface area contributed by atoms with Crippen molar-refractivity contribution in [2.45, 2.75) is 19.0 Å². The van der Waals surface area contributed by atoms with Gasteiger partial charge in [0.05, 0.1) is 17.0 Å². The summed E-state index contributed by atoms with van der Waals surface area (Å²) < 4.78 is 52.4. The van der Waals surface area contributed by atoms with Crippen LogP contribution in [0.5, 0.6) is 0 Å². The number of fused-ring (bicyclic) bond motifs is 1. The first-order valence-corrected chi connectivity index (χ1v) is 8.75. The van der Waals surface area contributed by atoms with Crippen molar-refractivity contribution in [3.8, 4) is 11.4 Å². The lowest BCUT2D eigenvalue weighted by atomic mass is 9.97. The van der Waals surface area contributed by atoms with E-state index in [9.17, 15) is 22.4 Å². The van der Waals surface area contributed by atoms with Crippen molar-refractivity contribution < 1.29 is 22.4 Å². The molecule has 0 saturated heterocycles. The Labute approximate surface area is 162 Å². The lowest BCUT2D eigenvalue weighted by Gasteiger charge is -2.18. The summed E-state index contributed by atoms with van der Waals surface area (Å²) >= 11 is 0. The van der Waals surface area contributed by atoms with Gasteiger partial charge in [-0.05, 0) is 47.9 Å². The third-order valence-corrected chi connectivity index (χ3v) is 4.60. The fourth-order valence-corrected chi connectivity index (χ4v) is 3.32. The Morgan fingerprint density at radius 3 is 2.69 bits per heavy atom. The van der Waals surface area contributed by atoms with Gasteiger partial charge < -0.3 is 5.32 Å². The molecule has 1 amide bonds. The highest BCUT2D eigenvalue weighted by Gasteiger charge is 2.31. The molecule has 4 rings (SSSR count). The monoisotopic (exact) mass is 402 g/mol. The van der Waals surface area contributed by atoms with Crippen molar-refractivity contribution in [2.75, 3.05) is 6.54 Å². The average Bonchev–Trinajstić information content (AvgIpc) is 2.67. The largest absolute Gasteiger partial charge is 0.416 e. The Kier molecular flexibility index (Phi) is 4.73. The molecule has 3 heterocycles. The topological polar surface area (TPSA) is 67.8 Å². The van der Waals surface area contributed by atoms with E-state index in [1.54, 1.807) is 12.1 Å². The van der Waals surface area contributed by atoms with Crippen molar-refractivity contribution in [1.82, 2.24) is 20.3 Å². The normalized spacial score (nSPS) is 13.7. The molecule has 2 aromatic heterocycles. The Morgan fingerprint density at radius 2 is 1.90 bits per heavy atom. The third kappa shape index (κ3) is 3.94. The lowest BCUT2D eigenvalue weighted by molar-refractivity contribution is -0.137. The van der Waals surface area contributed by atoms with Crippen LogP contribution in [0, 0.1) is 5.82 Å². The van der Waals surface area contributed by atoms with Gasteiger partial charge in [-0.25, -0.2) is 14.4 Å². The Morgan fingerprint density at radius 1 is 1.07 bits per heavy atom. The van der Waals surface area contributed by atoms with Gasteiger partial charge in [0.15, 0.2) is 0 Å². The summed E-state index contributed by atoms with van der Waals surface area (Å²) in [7, 11) is 0. The van der Waals surface area contributed by atoms with E-state index < -0.39 is 17.6 Å². The van der Waals surface area contributed by atoms with Crippen molar-refractivity contribution in [3.63, 3.8) is 0 Å². The van der Waals surface area contributed by atoms with Gasteiger partial charge in [0, 0.05) is 30.4 Å². The van der Waals surface area contributed by atoms with Crippen LogP contribution in [0.15, 0.2) is 42.9 Å². The minimum Gasteiger partial charge on any atom is -0.352 e. The van der Waals surface area contributed by atoms with Crippen LogP contribution in [0.4, 0.5) is 17.6 Å². The van der Waals surface area contributed by atoms with Crippen molar-refractivity contribution in [1.29, 1.82) is 0 Å². The van der Waals surface area contributed by atoms with Gasteiger partial charge in [0.25, 0.3) is 5.91 Å². The molecule has 0 spiro atoms. The number of alkyl halides is 3. The minimum atomic E-state index is -4.64. The van der Waals surface area contributed by atoms with Crippen LogP contribution in [0.2, 0.25) is 0 Å². The Hall–Kier alpha value is -3.36. The van der Waals surface area contributed by atoms with Gasteiger partial charge >= 0.3 is 6.18 Å². The number of pyridine rings is 1. The highest BCUT2D eigenvalue weighted by Crippen LogP contribution is 2.31. The predicted octanol–water partition coefficient (Wildman–Crippen LogP) is 3.57. The summed E-state index contributed by atoms with van der Waals surface area (Å²) in [4.78, 5) is 24.6. The molecule has 148 valence electrons. The molecule has 5 nitrogen and oxygen atoms in total. The molecule has 0 aliphatic carbocycles. The zero-order valence-electron chi connectivity index (χ0n) is 14.9. The van der Waals surface area contributed by atoms with Crippen LogP contribution >= 0.6 is 0 Å². The molecular weight excluding hydrogens is 388 g/mol. The quantitative estimate of drug-likeness (QED) is 0.680. The van der Waals surface area contributed by atoms with Crippen LogP contribution in [0.3, 0.4) is 0 Å². The molecule has 9 heteroatoms. The molecule has 0 saturated carbocycles. The fourth-order valence-electron chi connectivity index (χ4n) is 3.32. The molecule has 1 aliphatic rings. The number of halogens is 4. The number of carbonyl (C=O) groups excluding carboxylic acids is 1. The lowest BCUT2D eigenvalue weighted by Crippen LogP contribution is -2.32. The number of carbonyl (C=O) groups is 1. The Bertz CT molecular complexity index is 1100. The molecular formula is C20H14F4N4O. The maximum Gasteiger partial charge on any atom is 0.416 e. The molecule has 0 unspecified atom stereocenters. The number of nitrogens with zero attached hydrogens (tertiary/aromatic N) is 3. The van der Waals surface area contributed by atoms with Gasteiger partial charge in [-0.3, -0.25) is 9.78 Å². The molecule has 1 aromatic carbocycles. The van der Waals surface area contributed by atoms with E-state index in [2.05, 4.69) is 20.3 Å². The second-order valence-corrected chi connectivity index (χ2v) is 6.61. The van der Waals surface area contributed by atoms with Gasteiger partial charge in [-0.2, -0.15) is 13.2 Å². The number of hydrogen-bond donors (Lipinski definition) is 1. The first kappa shape index (κ1) is 19.0. The molecule has 0 fully saturated rings. The van der Waals surface area contributed by atoms with Crippen LogP contribution in [-0.4, -0.2) is 27.4 Å². The van der Waals surface area contributed by atoms with E-state index in [1.807, 2.05) is 0 Å². The zero-order valence-corrected chi connectivity index (χ0v) is 14.9. The number of hydrogen-bond acceptors (Lipinski definition) is 4. The number of nitrogens with one attached hydrogen (secondary N) is 1. The molecule has 0 atom stereocenters. The summed E-state index contributed by atoms with van der Waals surface area (Å²) in [5, 5.41) is 2.76. The van der Waals surface area contributed by atoms with Gasteiger partial charge in [0.1, 0.15) is 12.1 Å². The number of aromatic nitrogens is 3. The first-order valence-electron chi connectivity index (χ1n) is 8.75. The van der Waals surface area contributed by atoms with E-state index in [-0.39, 0.29) is 17.9 Å². The Balaban J connectivity index is 1.69. The summed E-state index contributed by atoms with van der Waals surface area (Å²) in [6.45, 7) is 0.478. The van der Waals surface area contributed by atoms with Crippen molar-refractivity contribution in [2.24, 2.45) is 0 Å². The predicted molar refractivity (Wildman–Crippen MR) is 95.5 cm³/mol. The molecule has 1 N–H and O–H groups in total. The minimum absolute atomic E-state index is 0.00807. The SMILES string of the molecule is O=C1NCCc2c1ccnc2-c1cc(Cc2cc(F)cc(C(F)(F)F)c2)ncn1. The van der Waals surface area contributed by atoms with Gasteiger partial charge in [-0.1, -0.05) is 0 Å². The number of rotatable bonds is 3. The van der Waals surface area contributed by atoms with Crippen LogP contribution < -0.4 is 5.32 Å². The second-order valence-electron chi connectivity index (χ2n) is 6.61. The summed E-state index contributed by atoms with van der Waals surface area (Å²) in [5.41, 5.74) is 1.75. The smallest absolute Gasteiger partial charge is 0.352 e. The van der Waals surface area contributed by atoms with Crippen molar-refractivity contribution in [3.05, 3.63) is 76.6 Å². The standard InChI is InChI=1S/C20H14F4N4O/c21-13-6-11(5-12(8-13)20(22,23)24)7-14-9-17(28-10-27-14)18-15-1-4-26-19(29)16(15)2-3-25-18/h2-3,5-6,8-10H,1,4,7H2,(H,26,29). The van der Waals surface area contributed by atoms with E-state index >= 15 is 0 Å². The zero-order chi connectivity index (χ0) is 20.6. The first-order chi connectivity index (χ1) is 13.8.